The zero-order chi connectivity index (χ0) is 24.1. The minimum Gasteiger partial charge on any atom is -0.462 e. The second kappa shape index (κ2) is 10.4. The molecule has 0 aliphatic heterocycles. The first-order valence-corrected chi connectivity index (χ1v) is 11.3. The standard InChI is InChI=1S/C23H25N3O6S/c1-5-9-31-22(29)15-7-6-8-16(10-15)25-17(27)11-26-12-24-20-18(21(26)28)14(4)19(33-20)23(30)32-13(2)3/h6-8,10,12-13H,5,9,11H2,1-4H3,(H,25,27). The molecule has 33 heavy (non-hydrogen) atoms. The summed E-state index contributed by atoms with van der Waals surface area (Å²) in [5, 5.41) is 2.95. The molecule has 9 nitrogen and oxygen atoms in total. The zero-order valence-corrected chi connectivity index (χ0v) is 19.7. The Hall–Kier alpha value is -3.53. The Labute approximate surface area is 194 Å². The van der Waals surface area contributed by atoms with Gasteiger partial charge in [0.05, 0.1) is 30.0 Å². The van der Waals surface area contributed by atoms with Gasteiger partial charge in [-0.3, -0.25) is 14.2 Å². The van der Waals surface area contributed by atoms with Gasteiger partial charge in [0.1, 0.15) is 16.3 Å². The van der Waals surface area contributed by atoms with Gasteiger partial charge in [-0.15, -0.1) is 11.3 Å². The number of anilines is 1. The highest BCUT2D eigenvalue weighted by atomic mass is 32.1. The van der Waals surface area contributed by atoms with Crippen LogP contribution >= 0.6 is 11.3 Å². The molecule has 3 rings (SSSR count). The van der Waals surface area contributed by atoms with Crippen LogP contribution in [0.25, 0.3) is 10.2 Å². The van der Waals surface area contributed by atoms with Gasteiger partial charge in [0.15, 0.2) is 0 Å². The fourth-order valence-electron chi connectivity index (χ4n) is 3.09. The van der Waals surface area contributed by atoms with E-state index in [9.17, 15) is 19.2 Å². The van der Waals surface area contributed by atoms with Crippen LogP contribution in [0.3, 0.4) is 0 Å². The van der Waals surface area contributed by atoms with Gasteiger partial charge in [0.25, 0.3) is 5.56 Å². The third-order valence-electron chi connectivity index (χ3n) is 4.58. The quantitative estimate of drug-likeness (QED) is 0.500. The van der Waals surface area contributed by atoms with Gasteiger partial charge >= 0.3 is 11.9 Å². The number of esters is 2. The van der Waals surface area contributed by atoms with E-state index >= 15 is 0 Å². The molecular weight excluding hydrogens is 446 g/mol. The van der Waals surface area contributed by atoms with E-state index < -0.39 is 23.4 Å². The van der Waals surface area contributed by atoms with Gasteiger partial charge in [0, 0.05) is 5.69 Å². The molecule has 0 unspecified atom stereocenters. The number of amides is 1. The summed E-state index contributed by atoms with van der Waals surface area (Å²) in [5.74, 6) is -1.45. The maximum Gasteiger partial charge on any atom is 0.348 e. The fraction of sp³-hybridized carbons (Fsp3) is 0.348. The Kier molecular flexibility index (Phi) is 7.59. The largest absolute Gasteiger partial charge is 0.462 e. The lowest BCUT2D eigenvalue weighted by Gasteiger charge is -2.09. The first-order chi connectivity index (χ1) is 15.7. The van der Waals surface area contributed by atoms with E-state index in [1.54, 1.807) is 39.0 Å². The maximum absolute atomic E-state index is 13.0. The highest BCUT2D eigenvalue weighted by Gasteiger charge is 2.21. The second-order valence-electron chi connectivity index (χ2n) is 7.63. The summed E-state index contributed by atoms with van der Waals surface area (Å²) < 4.78 is 11.5. The summed E-state index contributed by atoms with van der Waals surface area (Å²) in [6, 6.07) is 6.37. The van der Waals surface area contributed by atoms with E-state index in [-0.39, 0.29) is 18.0 Å². The number of hydrogen-bond donors (Lipinski definition) is 1. The summed E-state index contributed by atoms with van der Waals surface area (Å²) in [4.78, 5) is 54.8. The van der Waals surface area contributed by atoms with E-state index in [2.05, 4.69) is 10.3 Å². The highest BCUT2D eigenvalue weighted by Crippen LogP contribution is 2.27. The molecule has 0 aliphatic carbocycles. The van der Waals surface area contributed by atoms with Gasteiger partial charge in [0.2, 0.25) is 5.91 Å². The maximum atomic E-state index is 13.0. The van der Waals surface area contributed by atoms with E-state index in [0.717, 1.165) is 11.3 Å². The molecule has 0 aliphatic rings. The number of aryl methyl sites for hydroxylation is 1. The molecule has 0 bridgehead atoms. The van der Waals surface area contributed by atoms with Crippen LogP contribution in [-0.4, -0.2) is 40.1 Å². The normalized spacial score (nSPS) is 10.9. The van der Waals surface area contributed by atoms with Crippen LogP contribution in [0.1, 0.15) is 52.8 Å². The number of aromatic nitrogens is 2. The molecule has 0 radical (unpaired) electrons. The molecule has 174 valence electrons. The molecule has 0 saturated heterocycles. The number of rotatable bonds is 8. The van der Waals surface area contributed by atoms with Crippen molar-refractivity contribution in [2.75, 3.05) is 11.9 Å². The fourth-order valence-corrected chi connectivity index (χ4v) is 4.11. The van der Waals surface area contributed by atoms with Crippen molar-refractivity contribution in [3.63, 3.8) is 0 Å². The van der Waals surface area contributed by atoms with Gasteiger partial charge in [-0.05, 0) is 51.0 Å². The van der Waals surface area contributed by atoms with E-state index in [1.165, 1.54) is 17.0 Å². The van der Waals surface area contributed by atoms with Crippen LogP contribution in [-0.2, 0) is 20.8 Å². The summed E-state index contributed by atoms with van der Waals surface area (Å²) in [6.07, 6.45) is 1.69. The van der Waals surface area contributed by atoms with Gasteiger partial charge in [-0.2, -0.15) is 0 Å². The minimum absolute atomic E-state index is 0.284. The predicted octanol–water partition coefficient (Wildman–Crippen LogP) is 3.54. The number of nitrogens with zero attached hydrogens (tertiary/aromatic N) is 2. The van der Waals surface area contributed by atoms with Crippen LogP contribution in [0.15, 0.2) is 35.4 Å². The molecule has 3 aromatic rings. The molecule has 2 aromatic heterocycles. The Morgan fingerprint density at radius 3 is 2.67 bits per heavy atom. The number of hydrogen-bond acceptors (Lipinski definition) is 8. The molecule has 0 atom stereocenters. The first kappa shape index (κ1) is 24.1. The second-order valence-corrected chi connectivity index (χ2v) is 8.63. The monoisotopic (exact) mass is 471 g/mol. The van der Waals surface area contributed by atoms with Crippen molar-refractivity contribution >= 4 is 45.1 Å². The highest BCUT2D eigenvalue weighted by molar-refractivity contribution is 7.20. The SMILES string of the molecule is CCCOC(=O)c1cccc(NC(=O)Cn2cnc3sc(C(=O)OC(C)C)c(C)c3c2=O)c1. The number of carbonyl (C=O) groups excluding carboxylic acids is 3. The number of carbonyl (C=O) groups is 3. The molecule has 2 heterocycles. The van der Waals surface area contributed by atoms with Crippen LogP contribution in [0.4, 0.5) is 5.69 Å². The van der Waals surface area contributed by atoms with E-state index in [4.69, 9.17) is 9.47 Å². The molecule has 10 heteroatoms. The average Bonchev–Trinajstić information content (AvgIpc) is 3.11. The van der Waals surface area contributed by atoms with Crippen LogP contribution in [0.2, 0.25) is 0 Å². The van der Waals surface area contributed by atoms with E-state index in [0.29, 0.717) is 39.5 Å². The van der Waals surface area contributed by atoms with Crippen molar-refractivity contribution in [1.82, 2.24) is 9.55 Å². The topological polar surface area (TPSA) is 117 Å². The first-order valence-electron chi connectivity index (χ1n) is 10.5. The van der Waals surface area contributed by atoms with Gasteiger partial charge < -0.3 is 14.8 Å². The smallest absolute Gasteiger partial charge is 0.348 e. The summed E-state index contributed by atoms with van der Waals surface area (Å²) in [5.41, 5.74) is 0.769. The van der Waals surface area contributed by atoms with Crippen molar-refractivity contribution < 1.29 is 23.9 Å². The molecule has 1 aromatic carbocycles. The lowest BCUT2D eigenvalue weighted by molar-refractivity contribution is -0.116. The van der Waals surface area contributed by atoms with Crippen LogP contribution < -0.4 is 10.9 Å². The molecule has 0 fully saturated rings. The summed E-state index contributed by atoms with van der Waals surface area (Å²) in [7, 11) is 0. The van der Waals surface area contributed by atoms with Gasteiger partial charge in [-0.25, -0.2) is 14.6 Å². The predicted molar refractivity (Wildman–Crippen MR) is 125 cm³/mol. The number of fused-ring (bicyclic) bond motifs is 1. The molecule has 0 saturated carbocycles. The Morgan fingerprint density at radius 2 is 1.97 bits per heavy atom. The number of thiophene rings is 1. The lowest BCUT2D eigenvalue weighted by Crippen LogP contribution is -2.28. The molecular formula is C23H25N3O6S. The van der Waals surface area contributed by atoms with Crippen molar-refractivity contribution in [3.05, 3.63) is 57.0 Å². The third kappa shape index (κ3) is 5.64. The van der Waals surface area contributed by atoms with E-state index in [1.807, 2.05) is 6.92 Å². The zero-order valence-electron chi connectivity index (χ0n) is 18.8. The Balaban J connectivity index is 1.78. The minimum atomic E-state index is -0.508. The van der Waals surface area contributed by atoms with Crippen molar-refractivity contribution in [2.24, 2.45) is 0 Å². The Bertz CT molecular complexity index is 1260. The molecule has 1 amide bonds. The third-order valence-corrected chi connectivity index (χ3v) is 5.76. The molecule has 0 spiro atoms. The number of benzene rings is 1. The van der Waals surface area contributed by atoms with Crippen LogP contribution in [0.5, 0.6) is 0 Å². The van der Waals surface area contributed by atoms with Crippen LogP contribution in [0, 0.1) is 6.92 Å². The van der Waals surface area contributed by atoms with Gasteiger partial charge in [-0.1, -0.05) is 13.0 Å². The number of nitrogens with one attached hydrogen (secondary N) is 1. The number of ether oxygens (including phenoxy) is 2. The van der Waals surface area contributed by atoms with Crippen molar-refractivity contribution in [2.45, 2.75) is 46.8 Å². The van der Waals surface area contributed by atoms with Crippen molar-refractivity contribution in [3.8, 4) is 0 Å². The Morgan fingerprint density at radius 1 is 1.21 bits per heavy atom. The van der Waals surface area contributed by atoms with Crippen molar-refractivity contribution in [1.29, 1.82) is 0 Å². The summed E-state index contributed by atoms with van der Waals surface area (Å²) in [6.45, 7) is 7.07. The summed E-state index contributed by atoms with van der Waals surface area (Å²) >= 11 is 1.08. The molecule has 1 N–H and O–H groups in total. The average molecular weight is 472 g/mol. The lowest BCUT2D eigenvalue weighted by atomic mass is 10.2.